The molecule has 0 aliphatic carbocycles. The van der Waals surface area contributed by atoms with Gasteiger partial charge < -0.3 is 20.4 Å². The molecule has 7 heteroatoms. The molecule has 2 aromatic rings. The van der Waals surface area contributed by atoms with Gasteiger partial charge in [0.05, 0.1) is 12.0 Å². The van der Waals surface area contributed by atoms with Gasteiger partial charge in [-0.15, -0.1) is 0 Å². The second-order valence-electron chi connectivity index (χ2n) is 8.52. The fraction of sp³-hybridized carbons (Fsp3) is 0.480. The van der Waals surface area contributed by atoms with E-state index in [1.807, 2.05) is 0 Å². The summed E-state index contributed by atoms with van der Waals surface area (Å²) in [4.78, 5) is 14.8. The largest absolute Gasteiger partial charge is 0.479 e. The van der Waals surface area contributed by atoms with Gasteiger partial charge >= 0.3 is 0 Å². The first-order valence-electron chi connectivity index (χ1n) is 11.6. The number of nitrogens with two attached hydrogens (primary N) is 1. The van der Waals surface area contributed by atoms with Crippen LogP contribution in [0.3, 0.4) is 0 Å². The first-order chi connectivity index (χ1) is 15.7. The Morgan fingerprint density at radius 1 is 1.19 bits per heavy atom. The van der Waals surface area contributed by atoms with Crippen molar-refractivity contribution in [3.8, 4) is 6.07 Å². The monoisotopic (exact) mass is 432 g/mol. The Balaban J connectivity index is 1.51. The van der Waals surface area contributed by atoms with Crippen molar-refractivity contribution in [1.29, 1.82) is 5.26 Å². The van der Waals surface area contributed by atoms with Crippen LogP contribution in [0, 0.1) is 11.3 Å². The summed E-state index contributed by atoms with van der Waals surface area (Å²) < 4.78 is 5.74. The molecule has 4 rings (SSSR count). The third-order valence-electron chi connectivity index (χ3n) is 6.15. The predicted molar refractivity (Wildman–Crippen MR) is 126 cm³/mol. The van der Waals surface area contributed by atoms with Crippen LogP contribution in [0.2, 0.25) is 0 Å². The molecule has 7 nitrogen and oxygen atoms in total. The van der Waals surface area contributed by atoms with Gasteiger partial charge in [0.1, 0.15) is 23.7 Å². The predicted octanol–water partition coefficient (Wildman–Crippen LogP) is 1.99. The maximum absolute atomic E-state index is 9.68. The van der Waals surface area contributed by atoms with Crippen LogP contribution in [0.1, 0.15) is 55.0 Å². The van der Waals surface area contributed by atoms with E-state index in [9.17, 15) is 5.26 Å². The van der Waals surface area contributed by atoms with Gasteiger partial charge in [-0.25, -0.2) is 0 Å². The van der Waals surface area contributed by atoms with Crippen molar-refractivity contribution in [2.45, 2.75) is 45.4 Å². The molecular formula is C25H32N6O. The molecule has 0 radical (unpaired) electrons. The third kappa shape index (κ3) is 5.20. The van der Waals surface area contributed by atoms with E-state index in [2.05, 4.69) is 52.1 Å². The molecule has 0 atom stereocenters. The van der Waals surface area contributed by atoms with Crippen molar-refractivity contribution in [2.75, 3.05) is 32.8 Å². The minimum atomic E-state index is 0.313. The zero-order valence-corrected chi connectivity index (χ0v) is 18.9. The molecule has 3 N–H and O–H groups in total. The summed E-state index contributed by atoms with van der Waals surface area (Å²) >= 11 is 0. The summed E-state index contributed by atoms with van der Waals surface area (Å²) in [5.41, 5.74) is 10.1. The number of rotatable bonds is 8. The number of fused-ring (bicyclic) bond motifs is 1. The van der Waals surface area contributed by atoms with Crippen molar-refractivity contribution in [3.05, 3.63) is 57.4 Å². The van der Waals surface area contributed by atoms with Crippen molar-refractivity contribution < 1.29 is 4.74 Å². The molecule has 0 bridgehead atoms. The van der Waals surface area contributed by atoms with E-state index in [0.717, 1.165) is 42.3 Å². The van der Waals surface area contributed by atoms with Crippen molar-refractivity contribution in [1.82, 2.24) is 9.88 Å². The van der Waals surface area contributed by atoms with Crippen LogP contribution in [-0.4, -0.2) is 48.6 Å². The Labute approximate surface area is 189 Å². The number of unbranched alkanes of at least 4 members (excludes halogenated alkanes) is 1. The topological polar surface area (TPSA) is 103 Å². The summed E-state index contributed by atoms with van der Waals surface area (Å²) in [6.07, 6.45) is 6.35. The van der Waals surface area contributed by atoms with Crippen molar-refractivity contribution >= 4 is 11.7 Å². The average molecular weight is 433 g/mol. The Morgan fingerprint density at radius 2 is 1.94 bits per heavy atom. The molecule has 2 aliphatic rings. The highest BCUT2D eigenvalue weighted by atomic mass is 16.5. The molecule has 2 aliphatic heterocycles. The first-order valence-corrected chi connectivity index (χ1v) is 11.6. The smallest absolute Gasteiger partial charge is 0.212 e. The van der Waals surface area contributed by atoms with E-state index >= 15 is 0 Å². The van der Waals surface area contributed by atoms with Crippen LogP contribution in [0.15, 0.2) is 34.3 Å². The number of ether oxygens (including phenoxy) is 1. The van der Waals surface area contributed by atoms with Gasteiger partial charge in [0.2, 0.25) is 5.90 Å². The highest BCUT2D eigenvalue weighted by Crippen LogP contribution is 2.13. The molecule has 1 aromatic heterocycles. The van der Waals surface area contributed by atoms with Crippen LogP contribution in [0.4, 0.5) is 0 Å². The fourth-order valence-electron chi connectivity index (χ4n) is 4.26. The van der Waals surface area contributed by atoms with Gasteiger partial charge in [0.25, 0.3) is 0 Å². The minimum Gasteiger partial charge on any atom is -0.479 e. The molecule has 0 spiro atoms. The van der Waals surface area contributed by atoms with E-state index in [-0.39, 0.29) is 0 Å². The number of benzene rings is 1. The van der Waals surface area contributed by atoms with Crippen LogP contribution in [0.25, 0.3) is 5.82 Å². The molecule has 0 amide bonds. The average Bonchev–Trinajstić information content (AvgIpc) is 3.41. The van der Waals surface area contributed by atoms with Crippen LogP contribution in [-0.2, 0) is 17.6 Å². The second-order valence-corrected chi connectivity index (χ2v) is 8.52. The fourth-order valence-corrected chi connectivity index (χ4v) is 4.26. The van der Waals surface area contributed by atoms with E-state index < -0.39 is 0 Å². The number of nitrogens with zero attached hydrogens (tertiary/aromatic N) is 4. The number of aromatic amines is 1. The lowest BCUT2D eigenvalue weighted by atomic mass is 10.0. The number of hydrogen-bond acceptors (Lipinski definition) is 6. The van der Waals surface area contributed by atoms with Crippen LogP contribution >= 0.6 is 0 Å². The lowest BCUT2D eigenvalue weighted by molar-refractivity contribution is 0.292. The number of nitrogens with one attached hydrogen (secondary N) is 1. The van der Waals surface area contributed by atoms with Crippen LogP contribution < -0.4 is 16.4 Å². The van der Waals surface area contributed by atoms with Crippen LogP contribution in [0.5, 0.6) is 0 Å². The zero-order chi connectivity index (χ0) is 22.3. The molecule has 1 aromatic carbocycles. The van der Waals surface area contributed by atoms with Crippen molar-refractivity contribution in [3.63, 3.8) is 0 Å². The maximum Gasteiger partial charge on any atom is 0.212 e. The first kappa shape index (κ1) is 22.1. The number of aliphatic imine (C=N–C) groups is 1. The van der Waals surface area contributed by atoms with Gasteiger partial charge in [-0.05, 0) is 49.9 Å². The van der Waals surface area contributed by atoms with Gasteiger partial charge in [-0.3, -0.25) is 4.99 Å². The molecule has 0 unspecified atom stereocenters. The molecule has 0 saturated carbocycles. The Bertz CT molecular complexity index is 1120. The van der Waals surface area contributed by atoms with Gasteiger partial charge in [-0.2, -0.15) is 10.3 Å². The van der Waals surface area contributed by atoms with E-state index in [4.69, 9.17) is 15.5 Å². The van der Waals surface area contributed by atoms with Crippen molar-refractivity contribution in [2.24, 2.45) is 15.7 Å². The number of likely N-dealkylation sites (tertiary alicyclic amines) is 1. The van der Waals surface area contributed by atoms with Gasteiger partial charge in [0, 0.05) is 18.5 Å². The Hall–Kier alpha value is -3.11. The standard InChI is InChI=1S/C25H32N6O/c1-2-3-14-32-22-17-28-23-20(21(16-26)29-24(23)25(27)30-22)15-19-8-6-18(7-9-19)10-13-31-11-4-5-12-31/h6-9,29H,2-5,10-15,17,27H2,1H3. The molecular weight excluding hydrogens is 400 g/mol. The highest BCUT2D eigenvalue weighted by Gasteiger charge is 2.16. The number of aromatic nitrogens is 1. The minimum absolute atomic E-state index is 0.313. The number of H-pyrrole nitrogens is 1. The summed E-state index contributed by atoms with van der Waals surface area (Å²) in [5.74, 6) is 0.833. The second kappa shape index (κ2) is 10.5. The lowest BCUT2D eigenvalue weighted by Crippen LogP contribution is -2.29. The zero-order valence-electron chi connectivity index (χ0n) is 18.9. The summed E-state index contributed by atoms with van der Waals surface area (Å²) in [7, 11) is 0. The summed E-state index contributed by atoms with van der Waals surface area (Å²) in [5, 5.41) is 11.0. The van der Waals surface area contributed by atoms with E-state index in [1.54, 1.807) is 0 Å². The Morgan fingerprint density at radius 3 is 2.66 bits per heavy atom. The van der Waals surface area contributed by atoms with Gasteiger partial charge in [0.15, 0.2) is 5.82 Å². The molecule has 32 heavy (non-hydrogen) atoms. The number of nitriles is 1. The van der Waals surface area contributed by atoms with E-state index in [1.165, 1.54) is 31.5 Å². The molecule has 1 fully saturated rings. The van der Waals surface area contributed by atoms with Gasteiger partial charge in [-0.1, -0.05) is 37.6 Å². The normalized spacial score (nSPS) is 16.1. The molecule has 3 heterocycles. The quantitative estimate of drug-likeness (QED) is 0.623. The van der Waals surface area contributed by atoms with E-state index in [0.29, 0.717) is 42.3 Å². The SMILES string of the molecule is CCCCOC1=NC(N)=c2[nH]c(C#N)c(Cc3ccc(CCN4CCCC4)cc3)c2=NC1. The summed E-state index contributed by atoms with van der Waals surface area (Å²) in [6.45, 7) is 6.62. The third-order valence-corrected chi connectivity index (χ3v) is 6.15. The molecule has 168 valence electrons. The molecule has 1 saturated heterocycles. The lowest BCUT2D eigenvalue weighted by Gasteiger charge is -2.14. The highest BCUT2D eigenvalue weighted by molar-refractivity contribution is 5.82. The Kier molecular flexibility index (Phi) is 7.23. The number of hydrogen-bond donors (Lipinski definition) is 2. The maximum atomic E-state index is 9.68. The summed E-state index contributed by atoms with van der Waals surface area (Å²) in [6, 6.07) is 11.0.